The van der Waals surface area contributed by atoms with Crippen molar-refractivity contribution in [1.29, 1.82) is 0 Å². The van der Waals surface area contributed by atoms with Crippen molar-refractivity contribution in [1.82, 2.24) is 0 Å². The number of hydrogen-bond acceptors (Lipinski definition) is 6. The summed E-state index contributed by atoms with van der Waals surface area (Å²) in [7, 11) is 4.58. The number of benzene rings is 3. The Hall–Kier alpha value is -4.26. The first kappa shape index (κ1) is 22.0. The molecular formula is C26H23NO6. The van der Waals surface area contributed by atoms with Crippen LogP contribution < -0.4 is 19.5 Å². The number of ether oxygens (including phenoxy) is 3. The van der Waals surface area contributed by atoms with E-state index in [-0.39, 0.29) is 17.5 Å². The van der Waals surface area contributed by atoms with Crippen LogP contribution in [0, 0.1) is 6.92 Å². The van der Waals surface area contributed by atoms with Crippen LogP contribution in [0.2, 0.25) is 0 Å². The minimum absolute atomic E-state index is 0.202. The number of rotatable bonds is 7. The summed E-state index contributed by atoms with van der Waals surface area (Å²) in [5.41, 5.74) is 2.53. The van der Waals surface area contributed by atoms with E-state index in [2.05, 4.69) is 5.32 Å². The third-order valence-electron chi connectivity index (χ3n) is 5.39. The Morgan fingerprint density at radius 1 is 0.848 bits per heavy atom. The number of methoxy groups -OCH3 is 3. The van der Waals surface area contributed by atoms with Crippen molar-refractivity contribution in [3.8, 4) is 17.2 Å². The summed E-state index contributed by atoms with van der Waals surface area (Å²) < 4.78 is 21.7. The first-order valence-electron chi connectivity index (χ1n) is 10.2. The van der Waals surface area contributed by atoms with Gasteiger partial charge in [-0.05, 0) is 55.5 Å². The largest absolute Gasteiger partial charge is 0.497 e. The van der Waals surface area contributed by atoms with E-state index in [1.807, 2.05) is 13.0 Å². The maximum Gasteiger partial charge on any atom is 0.255 e. The second-order valence-electron chi connectivity index (χ2n) is 7.35. The minimum Gasteiger partial charge on any atom is -0.497 e. The summed E-state index contributed by atoms with van der Waals surface area (Å²) in [6.45, 7) is 1.82. The SMILES string of the molecule is COc1cccc(C(=O)Nc2ccc3c(C)c(C(=O)c4cc(OC)ccc4OC)oc3c2)c1. The summed E-state index contributed by atoms with van der Waals surface area (Å²) in [5.74, 6) is 1.15. The molecule has 0 unspecified atom stereocenters. The quantitative estimate of drug-likeness (QED) is 0.391. The van der Waals surface area contributed by atoms with Crippen LogP contribution in [0.5, 0.6) is 17.2 Å². The number of hydrogen-bond donors (Lipinski definition) is 1. The van der Waals surface area contributed by atoms with Gasteiger partial charge in [0.25, 0.3) is 5.91 Å². The molecule has 7 heteroatoms. The Bertz CT molecular complexity index is 1350. The number of fused-ring (bicyclic) bond motifs is 1. The molecule has 0 bridgehead atoms. The summed E-state index contributed by atoms with van der Waals surface area (Å²) >= 11 is 0. The molecule has 4 aromatic rings. The molecule has 0 atom stereocenters. The van der Waals surface area contributed by atoms with Crippen molar-refractivity contribution in [3.63, 3.8) is 0 Å². The number of carbonyl (C=O) groups excluding carboxylic acids is 2. The van der Waals surface area contributed by atoms with Gasteiger partial charge in [0.05, 0.1) is 26.9 Å². The van der Waals surface area contributed by atoms with Gasteiger partial charge in [-0.3, -0.25) is 9.59 Å². The van der Waals surface area contributed by atoms with E-state index in [0.717, 1.165) is 5.39 Å². The topological polar surface area (TPSA) is 87.0 Å². The molecule has 0 aliphatic carbocycles. The van der Waals surface area contributed by atoms with Gasteiger partial charge in [-0.2, -0.15) is 0 Å². The van der Waals surface area contributed by atoms with Crippen LogP contribution >= 0.6 is 0 Å². The zero-order chi connectivity index (χ0) is 23.5. The van der Waals surface area contributed by atoms with Gasteiger partial charge in [0.15, 0.2) is 5.76 Å². The number of furan rings is 1. The fourth-order valence-corrected chi connectivity index (χ4v) is 3.60. The van der Waals surface area contributed by atoms with Gasteiger partial charge in [-0.1, -0.05) is 6.07 Å². The van der Waals surface area contributed by atoms with Gasteiger partial charge in [0.2, 0.25) is 5.78 Å². The average Bonchev–Trinajstić information content (AvgIpc) is 3.18. The van der Waals surface area contributed by atoms with E-state index >= 15 is 0 Å². The van der Waals surface area contributed by atoms with Crippen molar-refractivity contribution in [3.05, 3.63) is 83.1 Å². The lowest BCUT2D eigenvalue weighted by Gasteiger charge is -2.08. The molecule has 0 fully saturated rings. The maximum absolute atomic E-state index is 13.3. The molecule has 1 heterocycles. The smallest absolute Gasteiger partial charge is 0.255 e. The third kappa shape index (κ3) is 4.25. The Morgan fingerprint density at radius 3 is 2.33 bits per heavy atom. The number of anilines is 1. The lowest BCUT2D eigenvalue weighted by molar-refractivity contribution is 0.100. The van der Waals surface area contributed by atoms with E-state index in [9.17, 15) is 9.59 Å². The standard InChI is InChI=1S/C26H23NO6/c1-15-20-10-8-17(27-26(29)16-6-5-7-18(12-16)30-2)13-23(20)33-25(15)24(28)21-14-19(31-3)9-11-22(21)32-4/h5-14H,1-4H3,(H,27,29). The van der Waals surface area contributed by atoms with Crippen molar-refractivity contribution >= 4 is 28.3 Å². The van der Waals surface area contributed by atoms with Gasteiger partial charge in [-0.25, -0.2) is 0 Å². The number of amides is 1. The Labute approximate surface area is 190 Å². The molecule has 1 N–H and O–H groups in total. The fraction of sp³-hybridized carbons (Fsp3) is 0.154. The fourth-order valence-electron chi connectivity index (χ4n) is 3.60. The molecule has 7 nitrogen and oxygen atoms in total. The zero-order valence-electron chi connectivity index (χ0n) is 18.7. The van der Waals surface area contributed by atoms with Crippen LogP contribution in [-0.2, 0) is 0 Å². The highest BCUT2D eigenvalue weighted by molar-refractivity contribution is 6.12. The number of ketones is 1. The number of nitrogens with one attached hydrogen (secondary N) is 1. The van der Waals surface area contributed by atoms with Gasteiger partial charge >= 0.3 is 0 Å². The van der Waals surface area contributed by atoms with E-state index in [4.69, 9.17) is 18.6 Å². The van der Waals surface area contributed by atoms with Crippen LogP contribution in [0.15, 0.2) is 65.1 Å². The van der Waals surface area contributed by atoms with Crippen LogP contribution in [0.4, 0.5) is 5.69 Å². The first-order chi connectivity index (χ1) is 15.9. The van der Waals surface area contributed by atoms with Crippen LogP contribution in [0.25, 0.3) is 11.0 Å². The highest BCUT2D eigenvalue weighted by Crippen LogP contribution is 2.32. The monoisotopic (exact) mass is 445 g/mol. The predicted octanol–water partition coefficient (Wildman–Crippen LogP) is 5.25. The summed E-state index contributed by atoms with van der Waals surface area (Å²) in [6, 6.07) is 17.2. The molecule has 3 aromatic carbocycles. The highest BCUT2D eigenvalue weighted by atomic mass is 16.5. The van der Waals surface area contributed by atoms with Crippen LogP contribution in [0.3, 0.4) is 0 Å². The normalized spacial score (nSPS) is 10.7. The molecule has 0 saturated heterocycles. The maximum atomic E-state index is 13.3. The molecule has 0 aliphatic heterocycles. The van der Waals surface area contributed by atoms with Gasteiger partial charge < -0.3 is 23.9 Å². The Kier molecular flexibility index (Phi) is 6.04. The van der Waals surface area contributed by atoms with E-state index in [1.165, 1.54) is 14.2 Å². The van der Waals surface area contributed by atoms with Crippen molar-refractivity contribution in [2.45, 2.75) is 6.92 Å². The van der Waals surface area contributed by atoms with Crippen molar-refractivity contribution in [2.75, 3.05) is 26.6 Å². The lowest BCUT2D eigenvalue weighted by Crippen LogP contribution is -2.11. The second-order valence-corrected chi connectivity index (χ2v) is 7.35. The highest BCUT2D eigenvalue weighted by Gasteiger charge is 2.23. The molecule has 0 aliphatic rings. The molecule has 4 rings (SSSR count). The molecule has 168 valence electrons. The molecule has 0 spiro atoms. The Morgan fingerprint density at radius 2 is 1.61 bits per heavy atom. The zero-order valence-corrected chi connectivity index (χ0v) is 18.7. The summed E-state index contributed by atoms with van der Waals surface area (Å²) in [6.07, 6.45) is 0. The average molecular weight is 445 g/mol. The second kappa shape index (κ2) is 9.08. The molecule has 0 saturated carbocycles. The van der Waals surface area contributed by atoms with Crippen molar-refractivity contribution < 1.29 is 28.2 Å². The molecule has 1 aromatic heterocycles. The van der Waals surface area contributed by atoms with Crippen LogP contribution in [0.1, 0.15) is 32.0 Å². The minimum atomic E-state index is -0.318. The van der Waals surface area contributed by atoms with Crippen molar-refractivity contribution in [2.24, 2.45) is 0 Å². The number of aryl methyl sites for hydroxylation is 1. The first-order valence-corrected chi connectivity index (χ1v) is 10.2. The predicted molar refractivity (Wildman–Crippen MR) is 125 cm³/mol. The van der Waals surface area contributed by atoms with E-state index in [0.29, 0.717) is 45.2 Å². The molecule has 0 radical (unpaired) electrons. The molecule has 1 amide bonds. The van der Waals surface area contributed by atoms with Gasteiger partial charge in [-0.15, -0.1) is 0 Å². The third-order valence-corrected chi connectivity index (χ3v) is 5.39. The van der Waals surface area contributed by atoms with Gasteiger partial charge in [0.1, 0.15) is 22.8 Å². The lowest BCUT2D eigenvalue weighted by atomic mass is 10.0. The number of carbonyl (C=O) groups is 2. The summed E-state index contributed by atoms with van der Waals surface area (Å²) in [4.78, 5) is 25.9. The van der Waals surface area contributed by atoms with Crippen LogP contribution in [-0.4, -0.2) is 33.0 Å². The van der Waals surface area contributed by atoms with E-state index in [1.54, 1.807) is 61.7 Å². The van der Waals surface area contributed by atoms with E-state index < -0.39 is 0 Å². The molecular weight excluding hydrogens is 422 g/mol. The molecule has 33 heavy (non-hydrogen) atoms. The summed E-state index contributed by atoms with van der Waals surface area (Å²) in [5, 5.41) is 3.63. The Balaban J connectivity index is 1.66. The van der Waals surface area contributed by atoms with Gasteiger partial charge in [0, 0.05) is 28.3 Å².